The lowest BCUT2D eigenvalue weighted by Gasteiger charge is -2.09. The highest BCUT2D eigenvalue weighted by atomic mass is 32.2. The molecule has 1 amide bonds. The van der Waals surface area contributed by atoms with E-state index >= 15 is 0 Å². The fourth-order valence-corrected chi connectivity index (χ4v) is 2.97. The van der Waals surface area contributed by atoms with Crippen molar-refractivity contribution < 1.29 is 18.0 Å². The lowest BCUT2D eigenvalue weighted by molar-refractivity contribution is 0.0979. The highest BCUT2D eigenvalue weighted by Gasteiger charge is 2.19. The van der Waals surface area contributed by atoms with Gasteiger partial charge in [0.15, 0.2) is 5.78 Å². The number of sulfonamides is 1. The molecule has 2 aromatic carbocycles. The van der Waals surface area contributed by atoms with Crippen LogP contribution in [0.5, 0.6) is 0 Å². The molecule has 5 nitrogen and oxygen atoms in total. The van der Waals surface area contributed by atoms with Crippen LogP contribution < -0.4 is 4.72 Å². The first-order chi connectivity index (χ1) is 10.7. The van der Waals surface area contributed by atoms with E-state index in [4.69, 9.17) is 0 Å². The number of carbonyl (C=O) groups excluding carboxylic acids is 2. The van der Waals surface area contributed by atoms with E-state index in [1.807, 2.05) is 18.6 Å². The molecule has 0 unspecified atom stereocenters. The molecule has 0 aromatic heterocycles. The smallest absolute Gasteiger partial charge is 0.265 e. The summed E-state index contributed by atoms with van der Waals surface area (Å²) in [6.45, 7) is 5.15. The van der Waals surface area contributed by atoms with Crippen molar-refractivity contribution in [1.29, 1.82) is 0 Å². The van der Waals surface area contributed by atoms with Crippen molar-refractivity contribution in [1.82, 2.24) is 4.72 Å². The molecule has 120 valence electrons. The van der Waals surface area contributed by atoms with Crippen LogP contribution in [0.4, 0.5) is 0 Å². The molecule has 0 heterocycles. The summed E-state index contributed by atoms with van der Waals surface area (Å²) in [7, 11) is -3.98. The number of rotatable bonds is 4. The number of ketones is 1. The van der Waals surface area contributed by atoms with Crippen LogP contribution in [-0.2, 0) is 10.0 Å². The quantitative estimate of drug-likeness (QED) is 0.873. The van der Waals surface area contributed by atoms with Gasteiger partial charge in [0.2, 0.25) is 0 Å². The van der Waals surface area contributed by atoms with Crippen molar-refractivity contribution in [2.24, 2.45) is 0 Å². The first-order valence-electron chi connectivity index (χ1n) is 6.96. The Morgan fingerprint density at radius 1 is 0.870 bits per heavy atom. The lowest BCUT2D eigenvalue weighted by atomic mass is 10.1. The molecule has 0 radical (unpaired) electrons. The number of benzene rings is 2. The van der Waals surface area contributed by atoms with Crippen LogP contribution in [0.25, 0.3) is 0 Å². The molecular weight excluding hydrogens is 314 g/mol. The summed E-state index contributed by atoms with van der Waals surface area (Å²) < 4.78 is 26.5. The van der Waals surface area contributed by atoms with E-state index < -0.39 is 15.9 Å². The molecule has 0 atom stereocenters. The molecular formula is C17H17NO4S. The predicted molar refractivity (Wildman–Crippen MR) is 87.0 cm³/mol. The summed E-state index contributed by atoms with van der Waals surface area (Å²) >= 11 is 0. The Morgan fingerprint density at radius 3 is 1.96 bits per heavy atom. The van der Waals surface area contributed by atoms with Gasteiger partial charge in [-0.25, -0.2) is 13.1 Å². The Hall–Kier alpha value is -2.47. The minimum atomic E-state index is -3.98. The summed E-state index contributed by atoms with van der Waals surface area (Å²) in [6.07, 6.45) is 0. The number of hydrogen-bond donors (Lipinski definition) is 1. The van der Waals surface area contributed by atoms with E-state index in [-0.39, 0.29) is 16.2 Å². The van der Waals surface area contributed by atoms with Gasteiger partial charge in [-0.05, 0) is 56.2 Å². The lowest BCUT2D eigenvalue weighted by Crippen LogP contribution is -2.30. The Bertz CT molecular complexity index is 868. The monoisotopic (exact) mass is 331 g/mol. The molecule has 0 aliphatic carbocycles. The van der Waals surface area contributed by atoms with Gasteiger partial charge in [-0.15, -0.1) is 0 Å². The van der Waals surface area contributed by atoms with E-state index in [0.29, 0.717) is 5.56 Å². The summed E-state index contributed by atoms with van der Waals surface area (Å²) in [5, 5.41) is 0. The van der Waals surface area contributed by atoms with Gasteiger partial charge in [-0.2, -0.15) is 0 Å². The Morgan fingerprint density at radius 2 is 1.43 bits per heavy atom. The van der Waals surface area contributed by atoms with Gasteiger partial charge >= 0.3 is 0 Å². The van der Waals surface area contributed by atoms with Gasteiger partial charge < -0.3 is 0 Å². The van der Waals surface area contributed by atoms with Crippen molar-refractivity contribution in [3.8, 4) is 0 Å². The van der Waals surface area contributed by atoms with Crippen LogP contribution in [0.2, 0.25) is 0 Å². The van der Waals surface area contributed by atoms with Gasteiger partial charge in [0, 0.05) is 11.1 Å². The third-order valence-electron chi connectivity index (χ3n) is 3.57. The average Bonchev–Trinajstić information content (AvgIpc) is 2.49. The first-order valence-corrected chi connectivity index (χ1v) is 8.44. The van der Waals surface area contributed by atoms with Crippen LogP contribution in [0.1, 0.15) is 38.8 Å². The van der Waals surface area contributed by atoms with E-state index in [2.05, 4.69) is 0 Å². The SMILES string of the molecule is CC(=O)c1ccc(S(=O)(=O)NC(=O)c2ccc(C)c(C)c2)cc1. The molecule has 0 spiro atoms. The van der Waals surface area contributed by atoms with Crippen LogP contribution in [0, 0.1) is 13.8 Å². The number of carbonyl (C=O) groups is 2. The van der Waals surface area contributed by atoms with Gasteiger partial charge in [-0.3, -0.25) is 9.59 Å². The molecule has 0 fully saturated rings. The zero-order chi connectivity index (χ0) is 17.2. The number of nitrogens with one attached hydrogen (secondary N) is 1. The molecule has 0 aliphatic heterocycles. The van der Waals surface area contributed by atoms with Crippen LogP contribution >= 0.6 is 0 Å². The van der Waals surface area contributed by atoms with Crippen LogP contribution in [0.3, 0.4) is 0 Å². The van der Waals surface area contributed by atoms with E-state index in [9.17, 15) is 18.0 Å². The normalized spacial score (nSPS) is 11.1. The number of amides is 1. The predicted octanol–water partition coefficient (Wildman–Crippen LogP) is 2.62. The molecule has 0 saturated heterocycles. The third-order valence-corrected chi connectivity index (χ3v) is 4.91. The minimum absolute atomic E-state index is 0.0697. The number of Topliss-reactive ketones (excluding diaryl/α,β-unsaturated/α-hetero) is 1. The highest BCUT2D eigenvalue weighted by Crippen LogP contribution is 2.13. The van der Waals surface area contributed by atoms with E-state index in [1.165, 1.54) is 31.2 Å². The topological polar surface area (TPSA) is 80.3 Å². The second-order valence-corrected chi connectivity index (χ2v) is 7.00. The van der Waals surface area contributed by atoms with Gasteiger partial charge in [0.05, 0.1) is 4.90 Å². The molecule has 0 aliphatic rings. The Labute approximate surface area is 135 Å². The summed E-state index contributed by atoms with van der Waals surface area (Å²) in [5.41, 5.74) is 2.60. The average molecular weight is 331 g/mol. The standard InChI is InChI=1S/C17H17NO4S/c1-11-4-5-15(10-12(11)2)17(20)18-23(21,22)16-8-6-14(7-9-16)13(3)19/h4-10H,1-3H3,(H,18,20). The summed E-state index contributed by atoms with van der Waals surface area (Å²) in [4.78, 5) is 23.3. The fourth-order valence-electron chi connectivity index (χ4n) is 1.99. The van der Waals surface area contributed by atoms with Gasteiger partial charge in [-0.1, -0.05) is 18.2 Å². The minimum Gasteiger partial charge on any atom is -0.295 e. The molecule has 0 saturated carbocycles. The Balaban J connectivity index is 2.24. The van der Waals surface area contributed by atoms with E-state index in [0.717, 1.165) is 11.1 Å². The van der Waals surface area contributed by atoms with Crippen molar-refractivity contribution in [3.05, 3.63) is 64.7 Å². The first kappa shape index (κ1) is 16.9. The van der Waals surface area contributed by atoms with Crippen LogP contribution in [0.15, 0.2) is 47.4 Å². The maximum atomic E-state index is 12.2. The van der Waals surface area contributed by atoms with Gasteiger partial charge in [0.25, 0.3) is 15.9 Å². The fraction of sp³-hybridized carbons (Fsp3) is 0.176. The third kappa shape index (κ3) is 3.84. The Kier molecular flexibility index (Phi) is 4.65. The number of aryl methyl sites for hydroxylation is 2. The van der Waals surface area contributed by atoms with Crippen molar-refractivity contribution in [2.45, 2.75) is 25.7 Å². The maximum Gasteiger partial charge on any atom is 0.265 e. The second-order valence-electron chi connectivity index (χ2n) is 5.31. The van der Waals surface area contributed by atoms with Crippen molar-refractivity contribution >= 4 is 21.7 Å². The summed E-state index contributed by atoms with van der Waals surface area (Å²) in [6, 6.07) is 10.4. The zero-order valence-corrected chi connectivity index (χ0v) is 13.9. The molecule has 6 heteroatoms. The molecule has 23 heavy (non-hydrogen) atoms. The van der Waals surface area contributed by atoms with Crippen molar-refractivity contribution in [2.75, 3.05) is 0 Å². The van der Waals surface area contributed by atoms with Crippen LogP contribution in [-0.4, -0.2) is 20.1 Å². The maximum absolute atomic E-state index is 12.2. The molecule has 1 N–H and O–H groups in total. The van der Waals surface area contributed by atoms with Gasteiger partial charge in [0.1, 0.15) is 0 Å². The van der Waals surface area contributed by atoms with E-state index in [1.54, 1.807) is 18.2 Å². The summed E-state index contributed by atoms with van der Waals surface area (Å²) in [5.74, 6) is -0.850. The molecule has 2 aromatic rings. The zero-order valence-electron chi connectivity index (χ0n) is 13.1. The van der Waals surface area contributed by atoms with Crippen molar-refractivity contribution in [3.63, 3.8) is 0 Å². The largest absolute Gasteiger partial charge is 0.295 e. The molecule has 2 rings (SSSR count). The molecule has 0 bridgehead atoms. The second kappa shape index (κ2) is 6.34. The highest BCUT2D eigenvalue weighted by molar-refractivity contribution is 7.90. The number of hydrogen-bond acceptors (Lipinski definition) is 4.